The van der Waals surface area contributed by atoms with Crippen LogP contribution in [0.3, 0.4) is 0 Å². The minimum absolute atomic E-state index is 0.703. The van der Waals surface area contributed by atoms with Crippen molar-refractivity contribution >= 4 is 0 Å². The first-order valence-electron chi connectivity index (χ1n) is 7.00. The number of rotatable bonds is 5. The topological polar surface area (TPSA) is 12.5 Å². The molecule has 1 aliphatic carbocycles. The second kappa shape index (κ2) is 5.50. The molecular formula is C14H27NO. The first-order valence-corrected chi connectivity index (χ1v) is 7.00. The molecule has 2 rings (SSSR count). The van der Waals surface area contributed by atoms with Crippen molar-refractivity contribution in [3.05, 3.63) is 0 Å². The zero-order valence-corrected chi connectivity index (χ0v) is 11.0. The summed E-state index contributed by atoms with van der Waals surface area (Å²) in [5, 5.41) is 0. The van der Waals surface area contributed by atoms with E-state index >= 15 is 0 Å². The summed E-state index contributed by atoms with van der Waals surface area (Å²) in [5.41, 5.74) is 0.703. The summed E-state index contributed by atoms with van der Waals surface area (Å²) in [7, 11) is 0. The lowest BCUT2D eigenvalue weighted by atomic mass is 9.94. The van der Waals surface area contributed by atoms with Gasteiger partial charge < -0.3 is 9.64 Å². The molecule has 0 aromatic heterocycles. The number of hydrogen-bond donors (Lipinski definition) is 0. The molecule has 0 aromatic carbocycles. The third-order valence-corrected chi connectivity index (χ3v) is 4.08. The van der Waals surface area contributed by atoms with Crippen LogP contribution in [0.2, 0.25) is 0 Å². The van der Waals surface area contributed by atoms with Gasteiger partial charge >= 0.3 is 0 Å². The zero-order valence-electron chi connectivity index (χ0n) is 11.0. The van der Waals surface area contributed by atoms with Gasteiger partial charge in [0.2, 0.25) is 0 Å². The first kappa shape index (κ1) is 12.4. The number of nitrogens with zero attached hydrogens (tertiary/aromatic N) is 1. The van der Waals surface area contributed by atoms with Crippen LogP contribution >= 0.6 is 0 Å². The summed E-state index contributed by atoms with van der Waals surface area (Å²) in [5.74, 6) is 0.866. The van der Waals surface area contributed by atoms with Crippen LogP contribution in [-0.2, 0) is 4.74 Å². The van der Waals surface area contributed by atoms with Gasteiger partial charge in [-0.3, -0.25) is 0 Å². The highest BCUT2D eigenvalue weighted by atomic mass is 16.5. The molecule has 2 aliphatic rings. The molecule has 1 heterocycles. The zero-order chi connectivity index (χ0) is 11.4. The summed E-state index contributed by atoms with van der Waals surface area (Å²) < 4.78 is 5.52. The number of hydrogen-bond acceptors (Lipinski definition) is 2. The molecule has 2 nitrogen and oxygen atoms in total. The maximum Gasteiger partial charge on any atom is 0.0593 e. The smallest absolute Gasteiger partial charge is 0.0593 e. The SMILES string of the molecule is CC(C)CCC1(CN2CCCOCC2)CC1. The molecule has 1 saturated heterocycles. The average Bonchev–Trinajstić information content (AvgIpc) is 3.02. The maximum atomic E-state index is 5.52. The molecule has 0 N–H and O–H groups in total. The van der Waals surface area contributed by atoms with Crippen molar-refractivity contribution in [1.29, 1.82) is 0 Å². The second-order valence-electron chi connectivity index (χ2n) is 6.17. The number of ether oxygens (including phenoxy) is 1. The van der Waals surface area contributed by atoms with Crippen molar-refractivity contribution in [1.82, 2.24) is 4.90 Å². The van der Waals surface area contributed by atoms with Gasteiger partial charge in [-0.05, 0) is 37.0 Å². The predicted molar refractivity (Wildman–Crippen MR) is 67.6 cm³/mol. The summed E-state index contributed by atoms with van der Waals surface area (Å²) >= 11 is 0. The van der Waals surface area contributed by atoms with E-state index in [9.17, 15) is 0 Å². The van der Waals surface area contributed by atoms with Crippen molar-refractivity contribution in [3.8, 4) is 0 Å². The minimum atomic E-state index is 0.703. The molecular weight excluding hydrogens is 198 g/mol. The standard InChI is InChI=1S/C14H27NO/c1-13(2)4-5-14(6-7-14)12-15-8-3-10-16-11-9-15/h13H,3-12H2,1-2H3. The lowest BCUT2D eigenvalue weighted by molar-refractivity contribution is 0.135. The van der Waals surface area contributed by atoms with E-state index in [1.165, 1.54) is 45.2 Å². The van der Waals surface area contributed by atoms with Crippen molar-refractivity contribution in [2.45, 2.75) is 46.0 Å². The van der Waals surface area contributed by atoms with Crippen LogP contribution in [0.4, 0.5) is 0 Å². The average molecular weight is 225 g/mol. The lowest BCUT2D eigenvalue weighted by Crippen LogP contribution is -2.32. The minimum Gasteiger partial charge on any atom is -0.380 e. The van der Waals surface area contributed by atoms with E-state index in [0.29, 0.717) is 5.41 Å². The van der Waals surface area contributed by atoms with E-state index < -0.39 is 0 Å². The molecule has 0 spiro atoms. The molecule has 2 heteroatoms. The molecule has 0 unspecified atom stereocenters. The van der Waals surface area contributed by atoms with Crippen LogP contribution in [0, 0.1) is 11.3 Å². The molecule has 1 saturated carbocycles. The van der Waals surface area contributed by atoms with Crippen molar-refractivity contribution < 1.29 is 4.74 Å². The van der Waals surface area contributed by atoms with Crippen molar-refractivity contribution in [3.63, 3.8) is 0 Å². The highest BCUT2D eigenvalue weighted by Gasteiger charge is 2.43. The fourth-order valence-electron chi connectivity index (χ4n) is 2.69. The molecule has 2 fully saturated rings. The van der Waals surface area contributed by atoms with Crippen LogP contribution in [0.1, 0.15) is 46.0 Å². The van der Waals surface area contributed by atoms with Gasteiger partial charge in [-0.1, -0.05) is 20.3 Å². The van der Waals surface area contributed by atoms with E-state index in [1.807, 2.05) is 0 Å². The van der Waals surface area contributed by atoms with E-state index in [4.69, 9.17) is 4.74 Å². The van der Waals surface area contributed by atoms with Gasteiger partial charge in [-0.25, -0.2) is 0 Å². The van der Waals surface area contributed by atoms with Gasteiger partial charge in [0, 0.05) is 26.2 Å². The van der Waals surface area contributed by atoms with Gasteiger partial charge in [0.05, 0.1) is 6.61 Å². The maximum absolute atomic E-state index is 5.52. The summed E-state index contributed by atoms with van der Waals surface area (Å²) in [6, 6.07) is 0. The lowest BCUT2D eigenvalue weighted by Gasteiger charge is -2.26. The Morgan fingerprint density at radius 2 is 2.00 bits per heavy atom. The van der Waals surface area contributed by atoms with E-state index in [-0.39, 0.29) is 0 Å². The third kappa shape index (κ3) is 3.74. The Bertz CT molecular complexity index is 203. The van der Waals surface area contributed by atoms with Gasteiger partial charge in [-0.15, -0.1) is 0 Å². The van der Waals surface area contributed by atoms with Gasteiger partial charge in [0.25, 0.3) is 0 Å². The van der Waals surface area contributed by atoms with Crippen LogP contribution in [0.25, 0.3) is 0 Å². The second-order valence-corrected chi connectivity index (χ2v) is 6.17. The Labute approximate surface area is 100 Å². The van der Waals surface area contributed by atoms with Gasteiger partial charge in [-0.2, -0.15) is 0 Å². The first-order chi connectivity index (χ1) is 7.70. The fraction of sp³-hybridized carbons (Fsp3) is 1.00. The van der Waals surface area contributed by atoms with Gasteiger partial charge in [0.1, 0.15) is 0 Å². The Morgan fingerprint density at radius 3 is 2.69 bits per heavy atom. The van der Waals surface area contributed by atoms with Crippen molar-refractivity contribution in [2.75, 3.05) is 32.8 Å². The Hall–Kier alpha value is -0.0800. The Kier molecular flexibility index (Phi) is 4.26. The van der Waals surface area contributed by atoms with Crippen LogP contribution in [-0.4, -0.2) is 37.7 Å². The normalized spacial score (nSPS) is 25.7. The van der Waals surface area contributed by atoms with Crippen LogP contribution in [0.15, 0.2) is 0 Å². The van der Waals surface area contributed by atoms with Crippen molar-refractivity contribution in [2.24, 2.45) is 11.3 Å². The summed E-state index contributed by atoms with van der Waals surface area (Å²) in [4.78, 5) is 2.64. The highest BCUT2D eigenvalue weighted by Crippen LogP contribution is 2.50. The Morgan fingerprint density at radius 1 is 1.19 bits per heavy atom. The summed E-state index contributed by atoms with van der Waals surface area (Å²) in [6.45, 7) is 10.3. The molecule has 0 amide bonds. The molecule has 0 atom stereocenters. The van der Waals surface area contributed by atoms with E-state index in [2.05, 4.69) is 18.7 Å². The predicted octanol–water partition coefficient (Wildman–Crippen LogP) is 2.93. The van der Waals surface area contributed by atoms with Crippen LogP contribution in [0.5, 0.6) is 0 Å². The molecule has 1 aliphatic heterocycles. The van der Waals surface area contributed by atoms with Crippen LogP contribution < -0.4 is 0 Å². The van der Waals surface area contributed by atoms with E-state index in [1.54, 1.807) is 0 Å². The molecule has 0 radical (unpaired) electrons. The van der Waals surface area contributed by atoms with Gasteiger partial charge in [0.15, 0.2) is 0 Å². The molecule has 16 heavy (non-hydrogen) atoms. The monoisotopic (exact) mass is 225 g/mol. The highest BCUT2D eigenvalue weighted by molar-refractivity contribution is 4.95. The molecule has 0 bridgehead atoms. The Balaban J connectivity index is 1.74. The summed E-state index contributed by atoms with van der Waals surface area (Å²) in [6.07, 6.45) is 7.01. The van der Waals surface area contributed by atoms with E-state index in [0.717, 1.165) is 25.7 Å². The fourth-order valence-corrected chi connectivity index (χ4v) is 2.69. The molecule has 94 valence electrons. The third-order valence-electron chi connectivity index (χ3n) is 4.08. The molecule has 0 aromatic rings. The quantitative estimate of drug-likeness (QED) is 0.713. The largest absolute Gasteiger partial charge is 0.380 e.